The number of benzene rings is 1. The van der Waals surface area contributed by atoms with E-state index in [2.05, 4.69) is 5.32 Å². The van der Waals surface area contributed by atoms with Crippen LogP contribution in [0.1, 0.15) is 45.9 Å². The molecule has 0 aliphatic heterocycles. The molecule has 0 spiro atoms. The average molecular weight is 394 g/mol. The Labute approximate surface area is 161 Å². The van der Waals surface area contributed by atoms with Gasteiger partial charge in [0.1, 0.15) is 0 Å². The Morgan fingerprint density at radius 1 is 1.19 bits per heavy atom. The number of nitrogens with one attached hydrogen (secondary N) is 1. The number of hydrogen-bond acceptors (Lipinski definition) is 5. The first-order valence-electron chi connectivity index (χ1n) is 8.15. The number of Topliss-reactive ketones (excluding diaryl/α,β-unsaturated/α-hetero) is 1. The fourth-order valence-electron chi connectivity index (χ4n) is 2.28. The maximum atomic E-state index is 11.9. The molecule has 1 N–H and O–H groups in total. The molecule has 0 aliphatic carbocycles. The van der Waals surface area contributed by atoms with Gasteiger partial charge >= 0.3 is 5.97 Å². The van der Waals surface area contributed by atoms with E-state index in [0.29, 0.717) is 9.90 Å². The van der Waals surface area contributed by atoms with Gasteiger partial charge in [-0.3, -0.25) is 14.4 Å². The molecule has 1 atom stereocenters. The third kappa shape index (κ3) is 6.28. The van der Waals surface area contributed by atoms with E-state index in [4.69, 9.17) is 16.3 Å². The second kappa shape index (κ2) is 9.50. The third-order valence-corrected chi connectivity index (χ3v) is 4.94. The van der Waals surface area contributed by atoms with Gasteiger partial charge in [0.05, 0.1) is 17.3 Å². The topological polar surface area (TPSA) is 72.5 Å². The van der Waals surface area contributed by atoms with Crippen LogP contribution in [-0.4, -0.2) is 24.3 Å². The van der Waals surface area contributed by atoms with Gasteiger partial charge in [-0.1, -0.05) is 23.7 Å². The molecule has 26 heavy (non-hydrogen) atoms. The number of esters is 1. The Morgan fingerprint density at radius 2 is 1.96 bits per heavy atom. The Kier molecular flexibility index (Phi) is 7.36. The Hall–Kier alpha value is -2.18. The summed E-state index contributed by atoms with van der Waals surface area (Å²) >= 11 is 7.32. The molecule has 1 aromatic carbocycles. The van der Waals surface area contributed by atoms with Crippen molar-refractivity contribution in [1.29, 1.82) is 0 Å². The summed E-state index contributed by atoms with van der Waals surface area (Å²) in [6, 6.07) is 10.5. The van der Waals surface area contributed by atoms with Gasteiger partial charge in [0.15, 0.2) is 12.4 Å². The fourth-order valence-corrected chi connectivity index (χ4v) is 3.32. The third-order valence-electron chi connectivity index (χ3n) is 3.66. The molecule has 2 rings (SSSR count). The summed E-state index contributed by atoms with van der Waals surface area (Å²) in [6.07, 6.45) is 0.0201. The minimum Gasteiger partial charge on any atom is -0.456 e. The highest BCUT2D eigenvalue weighted by atomic mass is 35.5. The van der Waals surface area contributed by atoms with Crippen LogP contribution in [-0.2, 0) is 14.3 Å². The first kappa shape index (κ1) is 20.1. The fraction of sp³-hybridized carbons (Fsp3) is 0.316. The van der Waals surface area contributed by atoms with E-state index in [1.807, 2.05) is 26.0 Å². The van der Waals surface area contributed by atoms with E-state index < -0.39 is 11.9 Å². The smallest absolute Gasteiger partial charge is 0.306 e. The molecular formula is C19H20ClNO4S. The average Bonchev–Trinajstić information content (AvgIpc) is 3.04. The van der Waals surface area contributed by atoms with Gasteiger partial charge in [0, 0.05) is 16.3 Å². The lowest BCUT2D eigenvalue weighted by Gasteiger charge is -2.14. The van der Waals surface area contributed by atoms with Crippen LogP contribution in [0.3, 0.4) is 0 Å². The molecule has 0 radical (unpaired) electrons. The second-order valence-electron chi connectivity index (χ2n) is 5.84. The van der Waals surface area contributed by atoms with Crippen LogP contribution >= 0.6 is 22.9 Å². The van der Waals surface area contributed by atoms with Gasteiger partial charge in [0.25, 0.3) is 5.91 Å². The lowest BCUT2D eigenvalue weighted by Crippen LogP contribution is -2.31. The molecule has 5 nitrogen and oxygen atoms in total. The maximum Gasteiger partial charge on any atom is 0.306 e. The standard InChI is InChI=1S/C19H20ClNO4S/c1-12-6-8-17(26-12)16(22)7-9-19(24)25-11-18(23)21-13(2)14-4-3-5-15(20)10-14/h3-6,8,10,13H,7,9,11H2,1-2H3,(H,21,23)/t13-/m1/s1. The van der Waals surface area contributed by atoms with Crippen molar-refractivity contribution in [3.63, 3.8) is 0 Å². The number of hydrogen-bond donors (Lipinski definition) is 1. The summed E-state index contributed by atoms with van der Waals surface area (Å²) in [5, 5.41) is 3.32. The first-order valence-corrected chi connectivity index (χ1v) is 9.34. The Morgan fingerprint density at radius 3 is 2.62 bits per heavy atom. The Bertz CT molecular complexity index is 802. The zero-order valence-corrected chi connectivity index (χ0v) is 16.2. The van der Waals surface area contributed by atoms with Gasteiger partial charge in [-0.2, -0.15) is 0 Å². The molecule has 2 aromatic rings. The van der Waals surface area contributed by atoms with E-state index in [9.17, 15) is 14.4 Å². The molecule has 0 unspecified atom stereocenters. The predicted octanol–water partition coefficient (Wildman–Crippen LogP) is 4.09. The Balaban J connectivity index is 1.71. The van der Waals surface area contributed by atoms with Crippen LogP contribution in [0.2, 0.25) is 5.02 Å². The molecule has 1 heterocycles. The number of halogens is 1. The van der Waals surface area contributed by atoms with E-state index in [1.165, 1.54) is 11.3 Å². The van der Waals surface area contributed by atoms with Gasteiger partial charge in [0.2, 0.25) is 0 Å². The van der Waals surface area contributed by atoms with Crippen LogP contribution < -0.4 is 5.32 Å². The van der Waals surface area contributed by atoms with Crippen molar-refractivity contribution in [1.82, 2.24) is 5.32 Å². The van der Waals surface area contributed by atoms with Crippen molar-refractivity contribution in [2.45, 2.75) is 32.7 Å². The lowest BCUT2D eigenvalue weighted by molar-refractivity contribution is -0.148. The van der Waals surface area contributed by atoms with Crippen molar-refractivity contribution in [2.75, 3.05) is 6.61 Å². The van der Waals surface area contributed by atoms with Gasteiger partial charge < -0.3 is 10.1 Å². The first-order chi connectivity index (χ1) is 12.3. The SMILES string of the molecule is Cc1ccc(C(=O)CCC(=O)OCC(=O)N[C@H](C)c2cccc(Cl)c2)s1. The molecule has 138 valence electrons. The van der Waals surface area contributed by atoms with Crippen molar-refractivity contribution >= 4 is 40.6 Å². The van der Waals surface area contributed by atoms with Crippen LogP contribution in [0.15, 0.2) is 36.4 Å². The molecule has 0 fully saturated rings. The number of rotatable bonds is 8. The number of amides is 1. The second-order valence-corrected chi connectivity index (χ2v) is 7.56. The highest BCUT2D eigenvalue weighted by molar-refractivity contribution is 7.14. The van der Waals surface area contributed by atoms with Crippen LogP contribution in [0.25, 0.3) is 0 Å². The number of carbonyl (C=O) groups excluding carboxylic acids is 3. The quantitative estimate of drug-likeness (QED) is 0.541. The number of carbonyl (C=O) groups is 3. The molecule has 0 aliphatic rings. The monoisotopic (exact) mass is 393 g/mol. The summed E-state index contributed by atoms with van der Waals surface area (Å²) in [7, 11) is 0. The molecule has 7 heteroatoms. The van der Waals surface area contributed by atoms with Crippen molar-refractivity contribution in [2.24, 2.45) is 0 Å². The normalized spacial score (nSPS) is 11.7. The number of thiophene rings is 1. The minimum absolute atomic E-state index is 0.0487. The van der Waals surface area contributed by atoms with E-state index >= 15 is 0 Å². The highest BCUT2D eigenvalue weighted by Gasteiger charge is 2.14. The molecule has 0 saturated carbocycles. The van der Waals surface area contributed by atoms with Gasteiger partial charge in [-0.25, -0.2) is 0 Å². The minimum atomic E-state index is -0.572. The van der Waals surface area contributed by atoms with Crippen LogP contribution in [0.5, 0.6) is 0 Å². The van der Waals surface area contributed by atoms with Crippen molar-refractivity contribution in [3.8, 4) is 0 Å². The number of aryl methyl sites for hydroxylation is 1. The van der Waals surface area contributed by atoms with E-state index in [-0.39, 0.29) is 31.3 Å². The molecule has 0 saturated heterocycles. The largest absolute Gasteiger partial charge is 0.456 e. The van der Waals surface area contributed by atoms with Gasteiger partial charge in [-0.15, -0.1) is 11.3 Å². The van der Waals surface area contributed by atoms with Crippen molar-refractivity contribution < 1.29 is 19.1 Å². The van der Waals surface area contributed by atoms with Crippen LogP contribution in [0.4, 0.5) is 0 Å². The molecule has 0 bridgehead atoms. The summed E-state index contributed by atoms with van der Waals surface area (Å²) < 4.78 is 4.93. The zero-order valence-electron chi connectivity index (χ0n) is 14.6. The maximum absolute atomic E-state index is 11.9. The van der Waals surface area contributed by atoms with Gasteiger partial charge in [-0.05, 0) is 43.7 Å². The van der Waals surface area contributed by atoms with E-state index in [1.54, 1.807) is 24.3 Å². The zero-order chi connectivity index (χ0) is 19.1. The molecule has 1 aromatic heterocycles. The number of ether oxygens (including phenoxy) is 1. The van der Waals surface area contributed by atoms with Crippen molar-refractivity contribution in [3.05, 3.63) is 56.7 Å². The van der Waals surface area contributed by atoms with E-state index in [0.717, 1.165) is 10.4 Å². The highest BCUT2D eigenvalue weighted by Crippen LogP contribution is 2.18. The summed E-state index contributed by atoms with van der Waals surface area (Å²) in [4.78, 5) is 37.2. The summed E-state index contributed by atoms with van der Waals surface area (Å²) in [5.74, 6) is -1.08. The van der Waals surface area contributed by atoms with Crippen LogP contribution in [0, 0.1) is 6.92 Å². The molecule has 1 amide bonds. The lowest BCUT2D eigenvalue weighted by atomic mass is 10.1. The summed E-state index contributed by atoms with van der Waals surface area (Å²) in [6.45, 7) is 3.35. The predicted molar refractivity (Wildman–Crippen MR) is 102 cm³/mol. The molecular weight excluding hydrogens is 374 g/mol. The summed E-state index contributed by atoms with van der Waals surface area (Å²) in [5.41, 5.74) is 0.856. The number of ketones is 1.